The quantitative estimate of drug-likeness (QED) is 0.546. The predicted molar refractivity (Wildman–Crippen MR) is 95.8 cm³/mol. The summed E-state index contributed by atoms with van der Waals surface area (Å²) in [5.74, 6) is -0.260. The van der Waals surface area contributed by atoms with Gasteiger partial charge in [0.2, 0.25) is 0 Å². The number of nitrogens with zero attached hydrogens (tertiary/aromatic N) is 2. The van der Waals surface area contributed by atoms with Gasteiger partial charge in [-0.1, -0.05) is 0 Å². The van der Waals surface area contributed by atoms with Gasteiger partial charge in [-0.15, -0.1) is 12.4 Å². The Bertz CT molecular complexity index is 646. The number of likely N-dealkylation sites (tertiary alicyclic amines) is 1. The Labute approximate surface area is 161 Å². The van der Waals surface area contributed by atoms with Gasteiger partial charge in [-0.05, 0) is 32.5 Å². The highest BCUT2D eigenvalue weighted by molar-refractivity contribution is 5.85. The molecular formula is C16H23ClF3N3O4. The smallest absolute Gasteiger partial charge is 0.422 e. The second-order valence-corrected chi connectivity index (χ2v) is 6.16. The van der Waals surface area contributed by atoms with Crippen LogP contribution in [0.3, 0.4) is 0 Å². The first-order valence-electron chi connectivity index (χ1n) is 8.18. The highest BCUT2D eigenvalue weighted by Crippen LogP contribution is 2.36. The fraction of sp³-hybridized carbons (Fsp3) is 0.625. The Balaban J connectivity index is 0.00000364. The van der Waals surface area contributed by atoms with E-state index < -0.39 is 17.7 Å². The third-order valence-corrected chi connectivity index (χ3v) is 4.26. The topological polar surface area (TPSA) is 76.9 Å². The van der Waals surface area contributed by atoms with Crippen molar-refractivity contribution in [1.29, 1.82) is 0 Å². The number of ether oxygens (including phenoxy) is 2. The molecule has 0 spiro atoms. The lowest BCUT2D eigenvalue weighted by molar-refractivity contribution is -0.385. The summed E-state index contributed by atoms with van der Waals surface area (Å²) in [7, 11) is 3.15. The van der Waals surface area contributed by atoms with E-state index in [9.17, 15) is 23.3 Å². The van der Waals surface area contributed by atoms with E-state index in [0.29, 0.717) is 18.2 Å². The maximum atomic E-state index is 12.4. The van der Waals surface area contributed by atoms with Crippen molar-refractivity contribution in [3.63, 3.8) is 0 Å². The first-order chi connectivity index (χ1) is 12.2. The lowest BCUT2D eigenvalue weighted by Crippen LogP contribution is -2.43. The van der Waals surface area contributed by atoms with Crippen LogP contribution in [-0.4, -0.2) is 55.9 Å². The monoisotopic (exact) mass is 413 g/mol. The Kier molecular flexibility index (Phi) is 8.58. The van der Waals surface area contributed by atoms with Crippen LogP contribution in [0.2, 0.25) is 0 Å². The van der Waals surface area contributed by atoms with Crippen LogP contribution in [0.15, 0.2) is 12.1 Å². The molecule has 2 rings (SSSR count). The Morgan fingerprint density at radius 2 is 2.07 bits per heavy atom. The molecule has 0 bridgehead atoms. The number of nitro benzene ring substituents is 1. The van der Waals surface area contributed by atoms with Gasteiger partial charge in [0.05, 0.1) is 18.1 Å². The number of hydrogen-bond acceptors (Lipinski definition) is 6. The van der Waals surface area contributed by atoms with Gasteiger partial charge in [-0.3, -0.25) is 15.0 Å². The molecule has 1 aliphatic rings. The van der Waals surface area contributed by atoms with Gasteiger partial charge in [0.15, 0.2) is 18.1 Å². The van der Waals surface area contributed by atoms with E-state index in [1.807, 2.05) is 7.05 Å². The van der Waals surface area contributed by atoms with E-state index in [1.54, 1.807) is 0 Å². The van der Waals surface area contributed by atoms with Crippen LogP contribution in [0.4, 0.5) is 18.9 Å². The third-order valence-electron chi connectivity index (χ3n) is 4.26. The minimum absolute atomic E-state index is 0. The van der Waals surface area contributed by atoms with Gasteiger partial charge in [-0.2, -0.15) is 13.2 Å². The number of methoxy groups -OCH3 is 1. The SMILES string of the molecule is CNC1CCCN(Cc2cc(OC)c(OCC(F)(F)F)cc2[N+](=O)[O-])C1.Cl. The standard InChI is InChI=1S/C16H22F3N3O4.ClH/c1-20-12-4-3-5-21(9-12)8-11-6-14(25-2)15(7-13(11)22(23)24)26-10-16(17,18)19;/h6-7,12,20H,3-5,8-10H2,1-2H3;1H. The first-order valence-corrected chi connectivity index (χ1v) is 8.18. The van der Waals surface area contributed by atoms with Gasteiger partial charge < -0.3 is 14.8 Å². The zero-order chi connectivity index (χ0) is 19.3. The summed E-state index contributed by atoms with van der Waals surface area (Å²) in [6.45, 7) is 0.298. The summed E-state index contributed by atoms with van der Waals surface area (Å²) in [6, 6.07) is 2.69. The van der Waals surface area contributed by atoms with Gasteiger partial charge in [-0.25, -0.2) is 0 Å². The second kappa shape index (κ2) is 9.95. The number of likely N-dealkylation sites (N-methyl/N-ethyl adjacent to an activating group) is 1. The normalized spacial score (nSPS) is 17.9. The molecule has 1 fully saturated rings. The van der Waals surface area contributed by atoms with E-state index in [-0.39, 0.29) is 29.6 Å². The van der Waals surface area contributed by atoms with E-state index in [2.05, 4.69) is 15.0 Å². The number of benzene rings is 1. The lowest BCUT2D eigenvalue weighted by atomic mass is 10.0. The number of nitro groups is 1. The third kappa shape index (κ3) is 6.71. The molecule has 1 saturated heterocycles. The molecule has 1 unspecified atom stereocenters. The van der Waals surface area contributed by atoms with E-state index in [0.717, 1.165) is 32.0 Å². The molecule has 1 N–H and O–H groups in total. The van der Waals surface area contributed by atoms with Gasteiger partial charge in [0.1, 0.15) is 0 Å². The van der Waals surface area contributed by atoms with Crippen LogP contribution in [0.5, 0.6) is 11.5 Å². The fourth-order valence-corrected chi connectivity index (χ4v) is 3.00. The molecule has 0 saturated carbocycles. The molecule has 0 radical (unpaired) electrons. The number of nitrogens with one attached hydrogen (secondary N) is 1. The maximum Gasteiger partial charge on any atom is 0.422 e. The van der Waals surface area contributed by atoms with Crippen molar-refractivity contribution in [3.8, 4) is 11.5 Å². The molecule has 1 aromatic rings. The van der Waals surface area contributed by atoms with E-state index in [4.69, 9.17) is 4.74 Å². The Hall–Kier alpha value is -1.78. The Morgan fingerprint density at radius 1 is 1.37 bits per heavy atom. The molecule has 0 aliphatic carbocycles. The largest absolute Gasteiger partial charge is 0.493 e. The van der Waals surface area contributed by atoms with Crippen LogP contribution < -0.4 is 14.8 Å². The van der Waals surface area contributed by atoms with Gasteiger partial charge >= 0.3 is 6.18 Å². The summed E-state index contributed by atoms with van der Waals surface area (Å²) in [4.78, 5) is 12.8. The average Bonchev–Trinajstić information content (AvgIpc) is 2.59. The Morgan fingerprint density at radius 3 is 2.63 bits per heavy atom. The van der Waals surface area contributed by atoms with Crippen molar-refractivity contribution in [2.75, 3.05) is 33.9 Å². The highest BCUT2D eigenvalue weighted by Gasteiger charge is 2.30. The van der Waals surface area contributed by atoms with Crippen molar-refractivity contribution in [2.45, 2.75) is 31.6 Å². The second-order valence-electron chi connectivity index (χ2n) is 6.16. The zero-order valence-corrected chi connectivity index (χ0v) is 15.9. The van der Waals surface area contributed by atoms with Crippen molar-refractivity contribution in [2.24, 2.45) is 0 Å². The molecule has 0 aromatic heterocycles. The molecule has 1 heterocycles. The van der Waals surface area contributed by atoms with Gasteiger partial charge in [0.25, 0.3) is 5.69 Å². The molecule has 11 heteroatoms. The van der Waals surface area contributed by atoms with Crippen LogP contribution in [0.1, 0.15) is 18.4 Å². The minimum atomic E-state index is -4.55. The number of halogens is 4. The minimum Gasteiger partial charge on any atom is -0.493 e. The number of piperidine rings is 1. The molecule has 1 aliphatic heterocycles. The highest BCUT2D eigenvalue weighted by atomic mass is 35.5. The van der Waals surface area contributed by atoms with Gasteiger partial charge in [0, 0.05) is 24.7 Å². The molecule has 154 valence electrons. The van der Waals surface area contributed by atoms with Crippen molar-refractivity contribution >= 4 is 18.1 Å². The van der Waals surface area contributed by atoms with Crippen molar-refractivity contribution in [1.82, 2.24) is 10.2 Å². The van der Waals surface area contributed by atoms with Crippen LogP contribution >= 0.6 is 12.4 Å². The summed E-state index contributed by atoms with van der Waals surface area (Å²) in [5.41, 5.74) is 0.0949. The molecule has 7 nitrogen and oxygen atoms in total. The fourth-order valence-electron chi connectivity index (χ4n) is 3.00. The molecule has 1 aromatic carbocycles. The number of alkyl halides is 3. The molecule has 1 atom stereocenters. The van der Waals surface area contributed by atoms with E-state index >= 15 is 0 Å². The van der Waals surface area contributed by atoms with Crippen LogP contribution in [0.25, 0.3) is 0 Å². The van der Waals surface area contributed by atoms with Crippen molar-refractivity contribution in [3.05, 3.63) is 27.8 Å². The van der Waals surface area contributed by atoms with Crippen LogP contribution in [0, 0.1) is 10.1 Å². The van der Waals surface area contributed by atoms with Crippen LogP contribution in [-0.2, 0) is 6.54 Å². The first kappa shape index (κ1) is 23.3. The predicted octanol–water partition coefficient (Wildman–Crippen LogP) is 3.15. The lowest BCUT2D eigenvalue weighted by Gasteiger charge is -2.32. The summed E-state index contributed by atoms with van der Waals surface area (Å²) >= 11 is 0. The molecular weight excluding hydrogens is 391 g/mol. The van der Waals surface area contributed by atoms with E-state index in [1.165, 1.54) is 13.2 Å². The number of rotatable bonds is 7. The number of hydrogen-bond donors (Lipinski definition) is 1. The molecule has 27 heavy (non-hydrogen) atoms. The summed E-state index contributed by atoms with van der Waals surface area (Å²) < 4.78 is 46.9. The maximum absolute atomic E-state index is 12.4. The summed E-state index contributed by atoms with van der Waals surface area (Å²) in [5, 5.41) is 14.6. The summed E-state index contributed by atoms with van der Waals surface area (Å²) in [6.07, 6.45) is -2.56. The van der Waals surface area contributed by atoms with Crippen molar-refractivity contribution < 1.29 is 27.6 Å². The average molecular weight is 414 g/mol. The molecule has 0 amide bonds. The zero-order valence-electron chi connectivity index (χ0n) is 15.0.